The molecule has 0 saturated carbocycles. The van der Waals surface area contributed by atoms with Gasteiger partial charge in [0.1, 0.15) is 5.82 Å². The highest BCUT2D eigenvalue weighted by Gasteiger charge is 2.03. The molecule has 0 amide bonds. The molecule has 0 aliphatic rings. The third kappa shape index (κ3) is 4.53. The Labute approximate surface area is 94.0 Å². The van der Waals surface area contributed by atoms with E-state index >= 15 is 0 Å². The topological polar surface area (TPSA) is 35.2 Å². The highest BCUT2D eigenvalue weighted by Crippen LogP contribution is 2.23. The summed E-state index contributed by atoms with van der Waals surface area (Å²) < 4.78 is 18.7. The van der Waals surface area contributed by atoms with E-state index in [2.05, 4.69) is 0 Å². The second kappa shape index (κ2) is 5.98. The highest BCUT2D eigenvalue weighted by molar-refractivity contribution is 7.99. The van der Waals surface area contributed by atoms with Crippen molar-refractivity contribution in [3.05, 3.63) is 24.0 Å². The summed E-state index contributed by atoms with van der Waals surface area (Å²) in [6, 6.07) is 4.74. The lowest BCUT2D eigenvalue weighted by atomic mass is 10.3. The zero-order valence-corrected chi connectivity index (χ0v) is 9.81. The molecule has 0 aliphatic heterocycles. The Bertz CT molecular complexity index is 317. The van der Waals surface area contributed by atoms with E-state index in [0.717, 1.165) is 5.75 Å². The molecular weight excluding hydrogens is 213 g/mol. The van der Waals surface area contributed by atoms with Crippen LogP contribution in [0.15, 0.2) is 23.1 Å². The summed E-state index contributed by atoms with van der Waals surface area (Å²) in [7, 11) is 0. The third-order valence-corrected chi connectivity index (χ3v) is 2.76. The number of benzene rings is 1. The van der Waals surface area contributed by atoms with Crippen LogP contribution < -0.4 is 5.73 Å². The number of rotatable bonds is 5. The molecule has 0 aliphatic carbocycles. The number of ether oxygens (including phenoxy) is 1. The van der Waals surface area contributed by atoms with Gasteiger partial charge in [0.15, 0.2) is 0 Å². The normalized spacial score (nSPS) is 10.9. The summed E-state index contributed by atoms with van der Waals surface area (Å²) in [5.74, 6) is 0.489. The minimum atomic E-state index is -0.260. The monoisotopic (exact) mass is 229 g/mol. The van der Waals surface area contributed by atoms with Gasteiger partial charge in [0.2, 0.25) is 0 Å². The molecule has 84 valence electrons. The van der Waals surface area contributed by atoms with Gasteiger partial charge < -0.3 is 10.5 Å². The molecule has 4 heteroatoms. The van der Waals surface area contributed by atoms with Crippen molar-refractivity contribution in [2.24, 2.45) is 0 Å². The first kappa shape index (κ1) is 12.3. The smallest absolute Gasteiger partial charge is 0.138 e. The quantitative estimate of drug-likeness (QED) is 0.479. The molecule has 0 fully saturated rings. The van der Waals surface area contributed by atoms with Crippen LogP contribution in [-0.4, -0.2) is 18.5 Å². The molecule has 0 aromatic heterocycles. The average Bonchev–Trinajstić information content (AvgIpc) is 2.14. The molecule has 1 aromatic carbocycles. The highest BCUT2D eigenvalue weighted by atomic mass is 32.2. The first-order valence-corrected chi connectivity index (χ1v) is 5.87. The second-order valence-electron chi connectivity index (χ2n) is 3.46. The van der Waals surface area contributed by atoms with Gasteiger partial charge in [-0.3, -0.25) is 0 Å². The van der Waals surface area contributed by atoms with Gasteiger partial charge in [0, 0.05) is 16.3 Å². The zero-order valence-electron chi connectivity index (χ0n) is 9.00. The molecule has 2 nitrogen and oxygen atoms in total. The van der Waals surface area contributed by atoms with E-state index in [1.165, 1.54) is 17.8 Å². The van der Waals surface area contributed by atoms with Crippen molar-refractivity contribution in [2.45, 2.75) is 24.8 Å². The first-order valence-electron chi connectivity index (χ1n) is 4.89. The molecule has 1 aromatic rings. The third-order valence-electron chi connectivity index (χ3n) is 1.75. The summed E-state index contributed by atoms with van der Waals surface area (Å²) in [5, 5.41) is 0. The Morgan fingerprint density at radius 2 is 2.20 bits per heavy atom. The van der Waals surface area contributed by atoms with E-state index in [0.29, 0.717) is 17.2 Å². The minimum Gasteiger partial charge on any atom is -0.399 e. The predicted octanol–water partition coefficient (Wildman–Crippen LogP) is 2.93. The van der Waals surface area contributed by atoms with Gasteiger partial charge >= 0.3 is 0 Å². The van der Waals surface area contributed by atoms with Gasteiger partial charge in [-0.2, -0.15) is 0 Å². The number of halogens is 1. The van der Waals surface area contributed by atoms with Crippen LogP contribution in [0.3, 0.4) is 0 Å². The fourth-order valence-corrected chi connectivity index (χ4v) is 1.83. The lowest BCUT2D eigenvalue weighted by Crippen LogP contribution is -2.05. The fourth-order valence-electron chi connectivity index (χ4n) is 1.07. The SMILES string of the molecule is CC(C)OCCSc1ccc(N)cc1F. The number of nitrogen functional groups attached to an aromatic ring is 1. The van der Waals surface area contributed by atoms with Crippen LogP contribution in [0.5, 0.6) is 0 Å². The lowest BCUT2D eigenvalue weighted by molar-refractivity contribution is 0.0920. The van der Waals surface area contributed by atoms with Crippen LogP contribution in [0.2, 0.25) is 0 Å². The van der Waals surface area contributed by atoms with Crippen LogP contribution in [-0.2, 0) is 4.74 Å². The van der Waals surface area contributed by atoms with Crippen molar-refractivity contribution in [2.75, 3.05) is 18.1 Å². The molecule has 1 rings (SSSR count). The van der Waals surface area contributed by atoms with Crippen molar-refractivity contribution in [3.63, 3.8) is 0 Å². The molecule has 0 spiro atoms. The van der Waals surface area contributed by atoms with E-state index in [4.69, 9.17) is 10.5 Å². The standard InChI is InChI=1S/C11H16FNOS/c1-8(2)14-5-6-15-11-4-3-9(13)7-10(11)12/h3-4,7-8H,5-6,13H2,1-2H3. The van der Waals surface area contributed by atoms with Crippen molar-refractivity contribution in [3.8, 4) is 0 Å². The van der Waals surface area contributed by atoms with E-state index in [1.54, 1.807) is 12.1 Å². The number of thioether (sulfide) groups is 1. The first-order chi connectivity index (χ1) is 7.09. The van der Waals surface area contributed by atoms with E-state index in [1.807, 2.05) is 13.8 Å². The Hall–Kier alpha value is -0.740. The van der Waals surface area contributed by atoms with Gasteiger partial charge in [0.25, 0.3) is 0 Å². The summed E-state index contributed by atoms with van der Waals surface area (Å²) in [6.45, 7) is 4.59. The molecule has 0 atom stereocenters. The summed E-state index contributed by atoms with van der Waals surface area (Å²) >= 11 is 1.44. The van der Waals surface area contributed by atoms with Crippen molar-refractivity contribution in [1.82, 2.24) is 0 Å². The molecule has 0 bridgehead atoms. The molecule has 0 saturated heterocycles. The van der Waals surface area contributed by atoms with Gasteiger partial charge in [-0.25, -0.2) is 4.39 Å². The number of nitrogens with two attached hydrogens (primary N) is 1. The van der Waals surface area contributed by atoms with E-state index in [9.17, 15) is 4.39 Å². The Morgan fingerprint density at radius 1 is 1.47 bits per heavy atom. The molecule has 0 unspecified atom stereocenters. The van der Waals surface area contributed by atoms with Crippen LogP contribution in [0.4, 0.5) is 10.1 Å². The minimum absolute atomic E-state index is 0.224. The maximum absolute atomic E-state index is 13.3. The molecule has 0 heterocycles. The second-order valence-corrected chi connectivity index (χ2v) is 4.59. The average molecular weight is 229 g/mol. The number of hydrogen-bond donors (Lipinski definition) is 1. The number of hydrogen-bond acceptors (Lipinski definition) is 3. The van der Waals surface area contributed by atoms with E-state index < -0.39 is 0 Å². The van der Waals surface area contributed by atoms with Crippen molar-refractivity contribution >= 4 is 17.4 Å². The summed E-state index contributed by atoms with van der Waals surface area (Å²) in [4.78, 5) is 0.622. The largest absolute Gasteiger partial charge is 0.399 e. The van der Waals surface area contributed by atoms with Gasteiger partial charge in [-0.15, -0.1) is 11.8 Å². The molecule has 2 N–H and O–H groups in total. The molecular formula is C11H16FNOS. The van der Waals surface area contributed by atoms with Crippen LogP contribution in [0.1, 0.15) is 13.8 Å². The van der Waals surface area contributed by atoms with Gasteiger partial charge in [-0.05, 0) is 32.0 Å². The van der Waals surface area contributed by atoms with Crippen LogP contribution >= 0.6 is 11.8 Å². The Morgan fingerprint density at radius 3 is 2.80 bits per heavy atom. The maximum atomic E-state index is 13.3. The number of anilines is 1. The predicted molar refractivity (Wildman–Crippen MR) is 62.6 cm³/mol. The van der Waals surface area contributed by atoms with Gasteiger partial charge in [-0.1, -0.05) is 0 Å². The fraction of sp³-hybridized carbons (Fsp3) is 0.455. The lowest BCUT2D eigenvalue weighted by Gasteiger charge is -2.07. The Balaban J connectivity index is 2.37. The maximum Gasteiger partial charge on any atom is 0.138 e. The summed E-state index contributed by atoms with van der Waals surface area (Å²) in [5.41, 5.74) is 5.90. The molecule has 0 radical (unpaired) electrons. The molecule has 15 heavy (non-hydrogen) atoms. The van der Waals surface area contributed by atoms with Crippen LogP contribution in [0, 0.1) is 5.82 Å². The van der Waals surface area contributed by atoms with Crippen molar-refractivity contribution < 1.29 is 9.13 Å². The van der Waals surface area contributed by atoms with Gasteiger partial charge in [0.05, 0.1) is 12.7 Å². The van der Waals surface area contributed by atoms with Crippen LogP contribution in [0.25, 0.3) is 0 Å². The summed E-state index contributed by atoms with van der Waals surface area (Å²) in [6.07, 6.45) is 0.224. The Kier molecular flexibility index (Phi) is 4.91. The van der Waals surface area contributed by atoms with Crippen molar-refractivity contribution in [1.29, 1.82) is 0 Å². The van der Waals surface area contributed by atoms with E-state index in [-0.39, 0.29) is 11.9 Å². The zero-order chi connectivity index (χ0) is 11.3.